The van der Waals surface area contributed by atoms with Crippen molar-refractivity contribution in [1.29, 1.82) is 0 Å². The Bertz CT molecular complexity index is 1350. The van der Waals surface area contributed by atoms with Crippen LogP contribution in [0.15, 0.2) is 41.4 Å². The van der Waals surface area contributed by atoms with Crippen LogP contribution >= 0.6 is 25.1 Å². The van der Waals surface area contributed by atoms with Crippen LogP contribution in [-0.4, -0.2) is 68.5 Å². The number of nitrogens with zero attached hydrogens (tertiary/aromatic N) is 3. The zero-order valence-electron chi connectivity index (χ0n) is 21.3. The van der Waals surface area contributed by atoms with E-state index in [1.165, 1.54) is 18.2 Å². The first-order chi connectivity index (χ1) is 18.4. The Balaban J connectivity index is 0.00000370. The summed E-state index contributed by atoms with van der Waals surface area (Å²) in [5.74, 6) is -1.67. The highest BCUT2D eigenvalue weighted by molar-refractivity contribution is 7.90. The fourth-order valence-corrected chi connectivity index (χ4v) is 6.09. The summed E-state index contributed by atoms with van der Waals surface area (Å²) in [4.78, 5) is 20.9. The van der Waals surface area contributed by atoms with E-state index >= 15 is 0 Å². The lowest BCUT2D eigenvalue weighted by molar-refractivity contribution is -0.179. The van der Waals surface area contributed by atoms with Gasteiger partial charge in [-0.2, -0.15) is 35.1 Å². The van der Waals surface area contributed by atoms with Crippen LogP contribution in [0.3, 0.4) is 0 Å². The Labute approximate surface area is 242 Å². The number of carbonyl (C=O) groups is 1. The molecule has 5 rings (SSSR count). The van der Waals surface area contributed by atoms with Crippen LogP contribution in [-0.2, 0) is 14.8 Å². The number of hydrogen-bond acceptors (Lipinski definition) is 8. The fraction of sp³-hybridized carbons (Fsp3) is 0.520. The van der Waals surface area contributed by atoms with Gasteiger partial charge in [0.1, 0.15) is 11.6 Å². The van der Waals surface area contributed by atoms with Crippen molar-refractivity contribution in [2.75, 3.05) is 36.0 Å². The van der Waals surface area contributed by atoms with Gasteiger partial charge in [-0.05, 0) is 43.5 Å². The first kappa shape index (κ1) is 30.5. The van der Waals surface area contributed by atoms with Gasteiger partial charge in [0.2, 0.25) is 0 Å². The number of sulfonamides is 1. The molecule has 9 nitrogen and oxygen atoms in total. The molecule has 1 aliphatic carbocycles. The summed E-state index contributed by atoms with van der Waals surface area (Å²) >= 11 is 6.16. The SMILES string of the molecule is O=C(NS(=O)(=O)c1cccc(N2CC[C@H](O)C2)n1)C1(Oc2cc(Cl)ccc2N2CCC(C(F)(F)F)CC2)CC1.S. The number of hydrogen-bond donors (Lipinski definition) is 2. The van der Waals surface area contributed by atoms with Crippen LogP contribution in [0.1, 0.15) is 32.1 Å². The van der Waals surface area contributed by atoms with E-state index in [9.17, 15) is 31.5 Å². The Morgan fingerprint density at radius 2 is 1.77 bits per heavy atom. The van der Waals surface area contributed by atoms with E-state index in [1.54, 1.807) is 28.0 Å². The number of rotatable bonds is 7. The molecule has 40 heavy (non-hydrogen) atoms. The van der Waals surface area contributed by atoms with Crippen molar-refractivity contribution in [2.24, 2.45) is 5.92 Å². The number of anilines is 2. The van der Waals surface area contributed by atoms with Crippen LogP contribution in [0.4, 0.5) is 24.7 Å². The summed E-state index contributed by atoms with van der Waals surface area (Å²) in [6.45, 7) is 1.14. The molecule has 3 aliphatic rings. The minimum Gasteiger partial charge on any atom is -0.475 e. The number of β-amino-alcohol motifs (C(OH)–C–C–N with tert-alkyl or cyclic N) is 1. The summed E-state index contributed by atoms with van der Waals surface area (Å²) < 4.78 is 73.6. The maximum absolute atomic E-state index is 13.2. The van der Waals surface area contributed by atoms with Crippen LogP contribution < -0.4 is 19.3 Å². The third-order valence-electron chi connectivity index (χ3n) is 7.34. The highest BCUT2D eigenvalue weighted by atomic mass is 35.5. The predicted octanol–water partition coefficient (Wildman–Crippen LogP) is 3.61. The van der Waals surface area contributed by atoms with Gasteiger partial charge in [0.15, 0.2) is 10.6 Å². The fourth-order valence-electron chi connectivity index (χ4n) is 4.93. The molecular formula is C25H30ClF3N4O5S2. The molecule has 2 N–H and O–H groups in total. The van der Waals surface area contributed by atoms with Gasteiger partial charge < -0.3 is 19.6 Å². The van der Waals surface area contributed by atoms with Crippen LogP contribution in [0.5, 0.6) is 5.75 Å². The van der Waals surface area contributed by atoms with E-state index in [-0.39, 0.29) is 63.0 Å². The topological polar surface area (TPSA) is 112 Å². The van der Waals surface area contributed by atoms with Gasteiger partial charge in [0, 0.05) is 50.1 Å². The Morgan fingerprint density at radius 3 is 2.38 bits per heavy atom. The van der Waals surface area contributed by atoms with Crippen molar-refractivity contribution in [2.45, 2.75) is 55.0 Å². The lowest BCUT2D eigenvalue weighted by atomic mass is 9.96. The second-order valence-corrected chi connectivity index (χ2v) is 12.2. The highest BCUT2D eigenvalue weighted by Crippen LogP contribution is 2.45. The van der Waals surface area contributed by atoms with Gasteiger partial charge in [0.25, 0.3) is 15.9 Å². The van der Waals surface area contributed by atoms with Crippen LogP contribution in [0, 0.1) is 5.92 Å². The van der Waals surface area contributed by atoms with Crippen molar-refractivity contribution < 1.29 is 36.2 Å². The van der Waals surface area contributed by atoms with Gasteiger partial charge in [-0.25, -0.2) is 9.71 Å². The van der Waals surface area contributed by atoms with E-state index < -0.39 is 39.7 Å². The maximum Gasteiger partial charge on any atom is 0.391 e. The molecule has 0 spiro atoms. The predicted molar refractivity (Wildman–Crippen MR) is 148 cm³/mol. The molecule has 1 aromatic heterocycles. The molecular weight excluding hydrogens is 593 g/mol. The average molecular weight is 623 g/mol. The first-order valence-electron chi connectivity index (χ1n) is 12.6. The van der Waals surface area contributed by atoms with E-state index in [1.807, 2.05) is 0 Å². The number of aliphatic hydroxyl groups excluding tert-OH is 1. The zero-order valence-corrected chi connectivity index (χ0v) is 23.9. The quantitative estimate of drug-likeness (QED) is 0.482. The third-order valence-corrected chi connectivity index (χ3v) is 8.81. The van der Waals surface area contributed by atoms with Crippen molar-refractivity contribution in [3.8, 4) is 5.75 Å². The summed E-state index contributed by atoms with van der Waals surface area (Å²) in [6, 6.07) is 9.09. The number of ether oxygens (including phenoxy) is 1. The number of nitrogens with one attached hydrogen (secondary N) is 1. The average Bonchev–Trinajstić information content (AvgIpc) is 3.54. The number of halogens is 4. The van der Waals surface area contributed by atoms with E-state index in [2.05, 4.69) is 9.71 Å². The molecule has 3 heterocycles. The van der Waals surface area contributed by atoms with Crippen molar-refractivity contribution >= 4 is 52.5 Å². The summed E-state index contributed by atoms with van der Waals surface area (Å²) in [7, 11) is -4.34. The third kappa shape index (κ3) is 6.55. The number of pyridine rings is 1. The molecule has 1 aromatic carbocycles. The standard InChI is InChI=1S/C25H28ClF3N4O5S.H2S/c26-17-4-5-19(32-11-6-16(7-12-32)25(27,28)29)20(14-17)38-24(9-10-24)23(35)31-39(36,37)22-3-1-2-21(30-22)33-13-8-18(34)15-33;/h1-5,14,16,18,34H,6-13,15H2,(H,31,35);1H2/t18-;/m0./s1. The van der Waals surface area contributed by atoms with E-state index in [4.69, 9.17) is 16.3 Å². The highest BCUT2D eigenvalue weighted by Gasteiger charge is 2.55. The summed E-state index contributed by atoms with van der Waals surface area (Å²) in [5, 5.41) is 9.73. The molecule has 2 saturated heterocycles. The van der Waals surface area contributed by atoms with Crippen LogP contribution in [0.2, 0.25) is 5.02 Å². The first-order valence-corrected chi connectivity index (χ1v) is 14.5. The number of alkyl halides is 3. The lowest BCUT2D eigenvalue weighted by Gasteiger charge is -2.35. The molecule has 2 aromatic rings. The lowest BCUT2D eigenvalue weighted by Crippen LogP contribution is -2.44. The van der Waals surface area contributed by atoms with Gasteiger partial charge in [-0.1, -0.05) is 17.7 Å². The van der Waals surface area contributed by atoms with Crippen molar-refractivity contribution in [3.05, 3.63) is 41.4 Å². The van der Waals surface area contributed by atoms with E-state index in [0.717, 1.165) is 0 Å². The second-order valence-electron chi connectivity index (χ2n) is 10.2. The molecule has 1 atom stereocenters. The Kier molecular flexibility index (Phi) is 8.75. The van der Waals surface area contributed by atoms with Gasteiger partial charge >= 0.3 is 6.18 Å². The smallest absolute Gasteiger partial charge is 0.391 e. The molecule has 0 unspecified atom stereocenters. The number of piperidine rings is 1. The molecule has 1 saturated carbocycles. The van der Waals surface area contributed by atoms with Crippen molar-refractivity contribution in [3.63, 3.8) is 0 Å². The van der Waals surface area contributed by atoms with Gasteiger partial charge in [-0.15, -0.1) is 0 Å². The number of aromatic nitrogens is 1. The van der Waals surface area contributed by atoms with Crippen LogP contribution in [0.25, 0.3) is 0 Å². The van der Waals surface area contributed by atoms with E-state index in [0.29, 0.717) is 36.0 Å². The molecule has 3 fully saturated rings. The molecule has 0 bridgehead atoms. The minimum absolute atomic E-state index is 0. The molecule has 0 radical (unpaired) electrons. The molecule has 2 aliphatic heterocycles. The number of benzene rings is 1. The monoisotopic (exact) mass is 622 g/mol. The summed E-state index contributed by atoms with van der Waals surface area (Å²) in [5.41, 5.74) is -0.975. The molecule has 15 heteroatoms. The zero-order chi connectivity index (χ0) is 28.0. The largest absolute Gasteiger partial charge is 0.475 e. The molecule has 220 valence electrons. The maximum atomic E-state index is 13.2. The van der Waals surface area contributed by atoms with Gasteiger partial charge in [-0.3, -0.25) is 4.79 Å². The second kappa shape index (κ2) is 11.5. The molecule has 1 amide bonds. The number of aliphatic hydroxyl groups is 1. The number of carbonyl (C=O) groups excluding carboxylic acids is 1. The van der Waals surface area contributed by atoms with Gasteiger partial charge in [0.05, 0.1) is 17.7 Å². The Hall–Kier alpha value is -2.42. The minimum atomic E-state index is -4.34. The van der Waals surface area contributed by atoms with Crippen molar-refractivity contribution in [1.82, 2.24) is 9.71 Å². The normalized spacial score (nSPS) is 21.1. The summed E-state index contributed by atoms with van der Waals surface area (Å²) in [6.07, 6.45) is -3.88. The Morgan fingerprint density at radius 1 is 1.10 bits per heavy atom. The number of amides is 1.